The highest BCUT2D eigenvalue weighted by atomic mass is 16.4. The molecule has 0 saturated heterocycles. The number of hydrogen-bond donors (Lipinski definition) is 1. The first-order valence-corrected chi connectivity index (χ1v) is 6.23. The third-order valence-corrected chi connectivity index (χ3v) is 2.61. The maximum Gasteiger partial charge on any atom is 0.409 e. The number of carboxylic acid groups (broad SMARTS) is 1. The molecule has 1 N–H and O–H groups in total. The normalized spacial score (nSPS) is 11.6. The van der Waals surface area contributed by atoms with Crippen LogP contribution in [0.25, 0.3) is 0 Å². The molecular formula is C12H22N2O3. The van der Waals surface area contributed by atoms with Gasteiger partial charge in [-0.3, -0.25) is 4.90 Å². The van der Waals surface area contributed by atoms with Crippen molar-refractivity contribution in [3.8, 4) is 0 Å². The fraction of sp³-hybridized carbons (Fsp3) is 0.833. The molecule has 0 bridgehead atoms. The smallest absolute Gasteiger partial charge is 0.409 e. The first kappa shape index (κ1) is 15.7. The van der Waals surface area contributed by atoms with Crippen molar-refractivity contribution in [2.75, 3.05) is 6.54 Å². The Morgan fingerprint density at radius 1 is 1.29 bits per heavy atom. The minimum atomic E-state index is -1.01. The fourth-order valence-electron chi connectivity index (χ4n) is 1.69. The van der Waals surface area contributed by atoms with E-state index in [1.807, 2.05) is 6.92 Å². The number of carbonyl (C=O) groups excluding carboxylic acids is 1. The number of carbonyl (C=O) groups is 1. The standard InChI is InChI=1S/C12H22N2O3/c1-3-5-6-7-9-14(12(16)17)11(8-4-2)13-10-15/h11H,3-9H2,1-2H3,(H,16,17). The van der Waals surface area contributed by atoms with Gasteiger partial charge in [-0.2, -0.15) is 4.99 Å². The molecule has 17 heavy (non-hydrogen) atoms. The third-order valence-electron chi connectivity index (χ3n) is 2.61. The van der Waals surface area contributed by atoms with Crippen LogP contribution >= 0.6 is 0 Å². The van der Waals surface area contributed by atoms with E-state index in [1.165, 1.54) is 11.0 Å². The average Bonchev–Trinajstić information content (AvgIpc) is 2.28. The largest absolute Gasteiger partial charge is 0.465 e. The van der Waals surface area contributed by atoms with Gasteiger partial charge < -0.3 is 5.11 Å². The number of aliphatic imine (C=N–C) groups is 1. The summed E-state index contributed by atoms with van der Waals surface area (Å²) in [7, 11) is 0. The lowest BCUT2D eigenvalue weighted by atomic mass is 10.2. The van der Waals surface area contributed by atoms with Crippen molar-refractivity contribution in [2.45, 2.75) is 58.5 Å². The van der Waals surface area contributed by atoms with Crippen LogP contribution in [0, 0.1) is 0 Å². The quantitative estimate of drug-likeness (QED) is 0.384. The molecule has 0 radical (unpaired) electrons. The highest BCUT2D eigenvalue weighted by Crippen LogP contribution is 2.11. The van der Waals surface area contributed by atoms with Gasteiger partial charge >= 0.3 is 6.09 Å². The Balaban J connectivity index is 4.35. The molecule has 1 unspecified atom stereocenters. The molecule has 0 aliphatic rings. The number of nitrogens with zero attached hydrogens (tertiary/aromatic N) is 2. The average molecular weight is 242 g/mol. The number of rotatable bonds is 9. The summed E-state index contributed by atoms with van der Waals surface area (Å²) in [6.45, 7) is 4.47. The van der Waals surface area contributed by atoms with Crippen molar-refractivity contribution >= 4 is 12.2 Å². The molecule has 1 amide bonds. The van der Waals surface area contributed by atoms with Crippen molar-refractivity contribution in [1.82, 2.24) is 4.90 Å². The zero-order chi connectivity index (χ0) is 13.1. The zero-order valence-electron chi connectivity index (χ0n) is 10.7. The zero-order valence-corrected chi connectivity index (χ0v) is 10.7. The summed E-state index contributed by atoms with van der Waals surface area (Å²) in [6, 6.07) is 0. The van der Waals surface area contributed by atoms with Crippen molar-refractivity contribution in [3.63, 3.8) is 0 Å². The van der Waals surface area contributed by atoms with Gasteiger partial charge in [0.15, 0.2) is 0 Å². The van der Waals surface area contributed by atoms with Crippen LogP contribution in [-0.4, -0.2) is 34.9 Å². The van der Waals surface area contributed by atoms with E-state index < -0.39 is 12.3 Å². The Bertz CT molecular complexity index is 262. The molecule has 0 fully saturated rings. The molecule has 1 atom stereocenters. The molecule has 0 heterocycles. The van der Waals surface area contributed by atoms with E-state index in [4.69, 9.17) is 5.11 Å². The summed E-state index contributed by atoms with van der Waals surface area (Å²) >= 11 is 0. The Labute approximate surface area is 103 Å². The lowest BCUT2D eigenvalue weighted by Gasteiger charge is -2.24. The van der Waals surface area contributed by atoms with Crippen molar-refractivity contribution in [2.24, 2.45) is 4.99 Å². The molecule has 0 rings (SSSR count). The predicted octanol–water partition coefficient (Wildman–Crippen LogP) is 3.01. The van der Waals surface area contributed by atoms with Gasteiger partial charge in [0, 0.05) is 6.54 Å². The number of hydrogen-bond acceptors (Lipinski definition) is 3. The van der Waals surface area contributed by atoms with Crippen LogP contribution in [0.1, 0.15) is 52.4 Å². The maximum atomic E-state index is 11.1. The van der Waals surface area contributed by atoms with Crippen molar-refractivity contribution in [3.05, 3.63) is 0 Å². The molecular weight excluding hydrogens is 220 g/mol. The van der Waals surface area contributed by atoms with E-state index >= 15 is 0 Å². The summed E-state index contributed by atoms with van der Waals surface area (Å²) in [4.78, 5) is 26.2. The van der Waals surface area contributed by atoms with Crippen molar-refractivity contribution < 1.29 is 14.7 Å². The van der Waals surface area contributed by atoms with Crippen LogP contribution in [0.5, 0.6) is 0 Å². The molecule has 0 aromatic rings. The number of isocyanates is 1. The van der Waals surface area contributed by atoms with Gasteiger partial charge in [-0.15, -0.1) is 0 Å². The highest BCUT2D eigenvalue weighted by molar-refractivity contribution is 5.65. The fourth-order valence-corrected chi connectivity index (χ4v) is 1.69. The van der Waals surface area contributed by atoms with Crippen LogP contribution in [0.2, 0.25) is 0 Å². The van der Waals surface area contributed by atoms with Crippen LogP contribution < -0.4 is 0 Å². The first-order chi connectivity index (χ1) is 8.17. The third kappa shape index (κ3) is 6.74. The Morgan fingerprint density at radius 3 is 2.47 bits per heavy atom. The van der Waals surface area contributed by atoms with Gasteiger partial charge in [-0.1, -0.05) is 39.5 Å². The molecule has 5 nitrogen and oxygen atoms in total. The second-order valence-electron chi connectivity index (χ2n) is 4.03. The lowest BCUT2D eigenvalue weighted by molar-refractivity contribution is 0.122. The molecule has 0 saturated carbocycles. The van der Waals surface area contributed by atoms with Crippen molar-refractivity contribution in [1.29, 1.82) is 0 Å². The van der Waals surface area contributed by atoms with Gasteiger partial charge in [0.2, 0.25) is 6.08 Å². The second kappa shape index (κ2) is 9.85. The molecule has 0 aliphatic carbocycles. The van der Waals surface area contributed by atoms with Crippen LogP contribution in [0.3, 0.4) is 0 Å². The van der Waals surface area contributed by atoms with E-state index in [2.05, 4.69) is 11.9 Å². The lowest BCUT2D eigenvalue weighted by Crippen LogP contribution is -2.39. The minimum absolute atomic E-state index is 0.436. The van der Waals surface area contributed by atoms with E-state index in [0.717, 1.165) is 32.1 Å². The van der Waals surface area contributed by atoms with Gasteiger partial charge in [0.1, 0.15) is 6.17 Å². The SMILES string of the molecule is CCCCCCN(C(=O)O)C(CCC)N=C=O. The Hall–Kier alpha value is -1.35. The molecule has 5 heteroatoms. The van der Waals surface area contributed by atoms with Gasteiger partial charge in [-0.25, -0.2) is 9.59 Å². The van der Waals surface area contributed by atoms with E-state index in [-0.39, 0.29) is 0 Å². The monoisotopic (exact) mass is 242 g/mol. The Kier molecular flexibility index (Phi) is 9.06. The van der Waals surface area contributed by atoms with Crippen LogP contribution in [0.4, 0.5) is 4.79 Å². The highest BCUT2D eigenvalue weighted by Gasteiger charge is 2.21. The summed E-state index contributed by atoms with van der Waals surface area (Å²) in [5, 5.41) is 9.09. The molecule has 0 aromatic heterocycles. The van der Waals surface area contributed by atoms with E-state index in [9.17, 15) is 9.59 Å². The summed E-state index contributed by atoms with van der Waals surface area (Å²) in [5.74, 6) is 0. The van der Waals surface area contributed by atoms with E-state index in [1.54, 1.807) is 0 Å². The number of amides is 1. The van der Waals surface area contributed by atoms with Crippen LogP contribution in [0.15, 0.2) is 4.99 Å². The maximum absolute atomic E-state index is 11.1. The second-order valence-corrected chi connectivity index (χ2v) is 4.03. The Morgan fingerprint density at radius 2 is 2.00 bits per heavy atom. The minimum Gasteiger partial charge on any atom is -0.465 e. The predicted molar refractivity (Wildman–Crippen MR) is 65.7 cm³/mol. The molecule has 0 aromatic carbocycles. The first-order valence-electron chi connectivity index (χ1n) is 6.23. The van der Waals surface area contributed by atoms with Crippen LogP contribution in [-0.2, 0) is 4.79 Å². The van der Waals surface area contributed by atoms with Gasteiger partial charge in [0.05, 0.1) is 0 Å². The molecule has 98 valence electrons. The topological polar surface area (TPSA) is 70.0 Å². The number of unbranched alkanes of at least 4 members (excludes halogenated alkanes) is 3. The molecule has 0 spiro atoms. The van der Waals surface area contributed by atoms with E-state index in [0.29, 0.717) is 13.0 Å². The van der Waals surface area contributed by atoms with Gasteiger partial charge in [0.25, 0.3) is 0 Å². The summed E-state index contributed by atoms with van der Waals surface area (Å²) in [6.07, 6.45) is 5.25. The summed E-state index contributed by atoms with van der Waals surface area (Å²) < 4.78 is 0. The molecule has 0 aliphatic heterocycles. The van der Waals surface area contributed by atoms with Gasteiger partial charge in [-0.05, 0) is 12.8 Å². The summed E-state index contributed by atoms with van der Waals surface area (Å²) in [5.41, 5.74) is 0.